The van der Waals surface area contributed by atoms with Gasteiger partial charge >= 0.3 is 0 Å². The highest BCUT2D eigenvalue weighted by Gasteiger charge is 2.15. The van der Waals surface area contributed by atoms with Crippen molar-refractivity contribution in [2.75, 3.05) is 32.9 Å². The van der Waals surface area contributed by atoms with E-state index in [4.69, 9.17) is 21.1 Å². The van der Waals surface area contributed by atoms with E-state index < -0.39 is 6.10 Å². The van der Waals surface area contributed by atoms with Crippen LogP contribution in [0.25, 0.3) is 0 Å². The molecule has 5 heteroatoms. The van der Waals surface area contributed by atoms with Crippen LogP contribution in [0.15, 0.2) is 24.3 Å². The zero-order chi connectivity index (χ0) is 13.5. The lowest BCUT2D eigenvalue weighted by Crippen LogP contribution is -2.34. The number of para-hydroxylation sites is 1. The summed E-state index contributed by atoms with van der Waals surface area (Å²) >= 11 is 5.96. The summed E-state index contributed by atoms with van der Waals surface area (Å²) in [5, 5.41) is 13.6. The van der Waals surface area contributed by atoms with Crippen LogP contribution in [0, 0.1) is 5.92 Å². The van der Waals surface area contributed by atoms with Crippen LogP contribution in [0.4, 0.5) is 0 Å². The van der Waals surface area contributed by atoms with E-state index >= 15 is 0 Å². The highest BCUT2D eigenvalue weighted by molar-refractivity contribution is 6.32. The fourth-order valence-corrected chi connectivity index (χ4v) is 2.20. The van der Waals surface area contributed by atoms with Crippen molar-refractivity contribution in [1.29, 1.82) is 0 Å². The van der Waals surface area contributed by atoms with Gasteiger partial charge in [-0.3, -0.25) is 0 Å². The Morgan fingerprint density at radius 3 is 3.05 bits per heavy atom. The number of hydrogen-bond acceptors (Lipinski definition) is 4. The Morgan fingerprint density at radius 1 is 1.47 bits per heavy atom. The Hall–Kier alpha value is -0.810. The number of rotatable bonds is 7. The van der Waals surface area contributed by atoms with Gasteiger partial charge in [-0.15, -0.1) is 0 Å². The van der Waals surface area contributed by atoms with Gasteiger partial charge < -0.3 is 19.9 Å². The minimum absolute atomic E-state index is 0.234. The number of hydrogen-bond donors (Lipinski definition) is 2. The van der Waals surface area contributed by atoms with Crippen LogP contribution in [0.5, 0.6) is 5.75 Å². The van der Waals surface area contributed by atoms with Gasteiger partial charge in [0.25, 0.3) is 0 Å². The van der Waals surface area contributed by atoms with Crippen molar-refractivity contribution in [2.24, 2.45) is 5.92 Å². The number of halogens is 1. The zero-order valence-corrected chi connectivity index (χ0v) is 11.6. The molecule has 1 heterocycles. The topological polar surface area (TPSA) is 50.7 Å². The first-order chi connectivity index (χ1) is 9.25. The second kappa shape index (κ2) is 7.70. The maximum Gasteiger partial charge on any atom is 0.138 e. The lowest BCUT2D eigenvalue weighted by atomic mass is 10.1. The molecule has 0 aliphatic carbocycles. The molecule has 1 aliphatic rings. The van der Waals surface area contributed by atoms with Crippen molar-refractivity contribution in [1.82, 2.24) is 5.32 Å². The molecule has 0 amide bonds. The van der Waals surface area contributed by atoms with Gasteiger partial charge in [-0.25, -0.2) is 0 Å². The molecule has 0 radical (unpaired) electrons. The summed E-state index contributed by atoms with van der Waals surface area (Å²) in [6.45, 7) is 3.30. The van der Waals surface area contributed by atoms with Crippen molar-refractivity contribution in [3.63, 3.8) is 0 Å². The molecule has 1 saturated heterocycles. The van der Waals surface area contributed by atoms with Gasteiger partial charge in [0.05, 0.1) is 11.6 Å². The van der Waals surface area contributed by atoms with Gasteiger partial charge in [0, 0.05) is 19.7 Å². The lowest BCUT2D eigenvalue weighted by molar-refractivity contribution is 0.105. The van der Waals surface area contributed by atoms with Crippen LogP contribution in [-0.4, -0.2) is 44.1 Å². The predicted molar refractivity (Wildman–Crippen MR) is 74.7 cm³/mol. The van der Waals surface area contributed by atoms with Crippen LogP contribution >= 0.6 is 11.6 Å². The third-order valence-corrected chi connectivity index (χ3v) is 3.42. The van der Waals surface area contributed by atoms with Crippen LogP contribution in [0.3, 0.4) is 0 Å². The van der Waals surface area contributed by atoms with E-state index in [1.54, 1.807) is 12.1 Å². The fourth-order valence-electron chi connectivity index (χ4n) is 2.01. The van der Waals surface area contributed by atoms with Crippen molar-refractivity contribution < 1.29 is 14.6 Å². The predicted octanol–water partition coefficient (Wildman–Crippen LogP) is 1.71. The van der Waals surface area contributed by atoms with Gasteiger partial charge in [-0.1, -0.05) is 23.7 Å². The van der Waals surface area contributed by atoms with Crippen LogP contribution in [-0.2, 0) is 4.74 Å². The second-order valence-corrected chi connectivity index (χ2v) is 5.19. The van der Waals surface area contributed by atoms with Gasteiger partial charge in [0.2, 0.25) is 0 Å². The van der Waals surface area contributed by atoms with Crippen molar-refractivity contribution in [3.05, 3.63) is 29.3 Å². The summed E-state index contributed by atoms with van der Waals surface area (Å²) in [4.78, 5) is 0. The van der Waals surface area contributed by atoms with E-state index in [0.717, 1.165) is 26.2 Å². The van der Waals surface area contributed by atoms with Crippen molar-refractivity contribution >= 4 is 11.6 Å². The maximum atomic E-state index is 9.81. The van der Waals surface area contributed by atoms with E-state index in [-0.39, 0.29) is 6.61 Å². The molecule has 1 aromatic rings. The standard InChI is InChI=1S/C14H20ClNO3/c15-13-3-1-2-4-14(13)19-10-12(17)8-16-7-11-5-6-18-9-11/h1-4,11-12,16-17H,5-10H2. The number of ether oxygens (including phenoxy) is 2. The molecule has 1 fully saturated rings. The Bertz CT molecular complexity index is 383. The molecule has 0 aromatic heterocycles. The average Bonchev–Trinajstić information content (AvgIpc) is 2.91. The van der Waals surface area contributed by atoms with Gasteiger partial charge in [0.1, 0.15) is 18.5 Å². The minimum atomic E-state index is -0.543. The van der Waals surface area contributed by atoms with Crippen LogP contribution in [0.2, 0.25) is 5.02 Å². The molecule has 19 heavy (non-hydrogen) atoms. The highest BCUT2D eigenvalue weighted by atomic mass is 35.5. The largest absolute Gasteiger partial charge is 0.489 e. The van der Waals surface area contributed by atoms with E-state index in [9.17, 15) is 5.11 Å². The van der Waals surface area contributed by atoms with Gasteiger partial charge in [-0.05, 0) is 24.5 Å². The molecule has 2 atom stereocenters. The molecule has 2 unspecified atom stereocenters. The second-order valence-electron chi connectivity index (χ2n) is 4.78. The highest BCUT2D eigenvalue weighted by Crippen LogP contribution is 2.23. The average molecular weight is 286 g/mol. The summed E-state index contributed by atoms with van der Waals surface area (Å²) in [6.07, 6.45) is 0.553. The SMILES string of the molecule is OC(CNCC1CCOC1)COc1ccccc1Cl. The molecule has 2 rings (SSSR count). The molecule has 0 spiro atoms. The van der Waals surface area contributed by atoms with E-state index in [1.165, 1.54) is 0 Å². The number of aliphatic hydroxyl groups excluding tert-OH is 1. The van der Waals surface area contributed by atoms with Gasteiger partial charge in [-0.2, -0.15) is 0 Å². The monoisotopic (exact) mass is 285 g/mol. The first-order valence-corrected chi connectivity index (χ1v) is 6.97. The van der Waals surface area contributed by atoms with Crippen molar-refractivity contribution in [3.8, 4) is 5.75 Å². The van der Waals surface area contributed by atoms with E-state index in [1.807, 2.05) is 12.1 Å². The first-order valence-electron chi connectivity index (χ1n) is 6.59. The molecule has 1 aromatic carbocycles. The van der Waals surface area contributed by atoms with E-state index in [0.29, 0.717) is 23.2 Å². The Kier molecular flexibility index (Phi) is 5.92. The minimum Gasteiger partial charge on any atom is -0.489 e. The van der Waals surface area contributed by atoms with Crippen molar-refractivity contribution in [2.45, 2.75) is 12.5 Å². The lowest BCUT2D eigenvalue weighted by Gasteiger charge is -2.15. The molecular weight excluding hydrogens is 266 g/mol. The molecule has 4 nitrogen and oxygen atoms in total. The molecule has 106 valence electrons. The van der Waals surface area contributed by atoms with Crippen LogP contribution in [0.1, 0.15) is 6.42 Å². The molecule has 1 aliphatic heterocycles. The smallest absolute Gasteiger partial charge is 0.138 e. The molecule has 0 bridgehead atoms. The molecule has 0 saturated carbocycles. The normalized spacial score (nSPS) is 20.4. The maximum absolute atomic E-state index is 9.81. The summed E-state index contributed by atoms with van der Waals surface area (Å²) in [6, 6.07) is 7.25. The Labute approximate surface area is 118 Å². The molecule has 2 N–H and O–H groups in total. The Morgan fingerprint density at radius 2 is 2.32 bits per heavy atom. The van der Waals surface area contributed by atoms with E-state index in [2.05, 4.69) is 5.32 Å². The first kappa shape index (κ1) is 14.6. The summed E-state index contributed by atoms with van der Waals surface area (Å²) in [5.74, 6) is 1.17. The Balaban J connectivity index is 1.61. The summed E-state index contributed by atoms with van der Waals surface area (Å²) in [5.41, 5.74) is 0. The van der Waals surface area contributed by atoms with Gasteiger partial charge in [0.15, 0.2) is 0 Å². The summed E-state index contributed by atoms with van der Waals surface area (Å²) < 4.78 is 10.8. The third kappa shape index (κ3) is 4.99. The zero-order valence-electron chi connectivity index (χ0n) is 10.8. The quantitative estimate of drug-likeness (QED) is 0.801. The number of benzene rings is 1. The molecular formula is C14H20ClNO3. The number of nitrogens with one attached hydrogen (secondary N) is 1. The van der Waals surface area contributed by atoms with Crippen LogP contribution < -0.4 is 10.1 Å². The number of aliphatic hydroxyl groups is 1. The third-order valence-electron chi connectivity index (χ3n) is 3.10. The summed E-state index contributed by atoms with van der Waals surface area (Å²) in [7, 11) is 0. The fraction of sp³-hybridized carbons (Fsp3) is 0.571.